The molecule has 0 radical (unpaired) electrons. The predicted octanol–water partition coefficient (Wildman–Crippen LogP) is 4.17. The monoisotopic (exact) mass is 518 g/mol. The van der Waals surface area contributed by atoms with Crippen molar-refractivity contribution < 1.29 is 9.47 Å². The Kier molecular flexibility index (Phi) is 12.1. The van der Waals surface area contributed by atoms with E-state index in [1.54, 1.807) is 25.5 Å². The summed E-state index contributed by atoms with van der Waals surface area (Å²) in [7, 11) is 3.47. The number of ether oxygens (including phenoxy) is 2. The molecule has 0 bridgehead atoms. The number of methoxy groups -OCH3 is 1. The molecule has 0 unspecified atom stereocenters. The number of hydrogen-bond donors (Lipinski definition) is 2. The van der Waals surface area contributed by atoms with Crippen molar-refractivity contribution in [1.29, 1.82) is 0 Å². The molecule has 0 fully saturated rings. The second-order valence-electron chi connectivity index (χ2n) is 6.44. The summed E-state index contributed by atoms with van der Waals surface area (Å²) < 4.78 is 10.8. The highest BCUT2D eigenvalue weighted by Gasteiger charge is 2.06. The van der Waals surface area contributed by atoms with Crippen molar-refractivity contribution in [3.05, 3.63) is 45.9 Å². The Morgan fingerprint density at radius 1 is 1.21 bits per heavy atom. The average molecular weight is 518 g/mol. The van der Waals surface area contributed by atoms with Crippen LogP contribution in [-0.4, -0.2) is 38.3 Å². The molecule has 0 aliphatic heterocycles. The van der Waals surface area contributed by atoms with E-state index in [2.05, 4.69) is 45.9 Å². The maximum absolute atomic E-state index is 5.75. The van der Waals surface area contributed by atoms with E-state index in [4.69, 9.17) is 9.47 Å². The molecule has 2 N–H and O–H groups in total. The summed E-state index contributed by atoms with van der Waals surface area (Å²) in [6, 6.07) is 8.08. The van der Waals surface area contributed by atoms with Gasteiger partial charge in [-0.1, -0.05) is 26.0 Å². The first kappa shape index (κ1) is 24.6. The molecule has 0 spiro atoms. The summed E-state index contributed by atoms with van der Waals surface area (Å²) in [6.45, 7) is 7.01. The summed E-state index contributed by atoms with van der Waals surface area (Å²) >= 11 is 1.68. The average Bonchev–Trinajstić information content (AvgIpc) is 3.15. The number of hydrogen-bond acceptors (Lipinski definition) is 5. The van der Waals surface area contributed by atoms with Crippen molar-refractivity contribution in [2.45, 2.75) is 39.3 Å². The number of nitrogens with one attached hydrogen (secondary N) is 2. The van der Waals surface area contributed by atoms with Gasteiger partial charge in [0.2, 0.25) is 0 Å². The molecule has 0 saturated heterocycles. The molecular formula is C20H31IN4O2S. The molecule has 0 aliphatic rings. The Morgan fingerprint density at radius 2 is 2.00 bits per heavy atom. The van der Waals surface area contributed by atoms with Crippen molar-refractivity contribution in [1.82, 2.24) is 15.6 Å². The Hall–Kier alpha value is -1.39. The zero-order valence-electron chi connectivity index (χ0n) is 17.0. The van der Waals surface area contributed by atoms with Gasteiger partial charge in [-0.25, -0.2) is 4.98 Å². The van der Waals surface area contributed by atoms with Gasteiger partial charge in [-0.3, -0.25) is 4.99 Å². The molecule has 0 aliphatic carbocycles. The summed E-state index contributed by atoms with van der Waals surface area (Å²) in [6.07, 6.45) is 0.880. The van der Waals surface area contributed by atoms with E-state index >= 15 is 0 Å². The highest BCUT2D eigenvalue weighted by Crippen LogP contribution is 2.17. The molecular weight excluding hydrogens is 487 g/mol. The van der Waals surface area contributed by atoms with E-state index in [0.29, 0.717) is 32.2 Å². The van der Waals surface area contributed by atoms with Gasteiger partial charge < -0.3 is 20.1 Å². The lowest BCUT2D eigenvalue weighted by atomic mass is 10.2. The molecule has 1 aromatic carbocycles. The van der Waals surface area contributed by atoms with E-state index in [1.807, 2.05) is 18.2 Å². The lowest BCUT2D eigenvalue weighted by Crippen LogP contribution is -2.36. The molecule has 6 nitrogen and oxygen atoms in total. The van der Waals surface area contributed by atoms with Crippen molar-refractivity contribution in [2.75, 3.05) is 27.4 Å². The molecule has 28 heavy (non-hydrogen) atoms. The lowest BCUT2D eigenvalue weighted by Gasteiger charge is -2.12. The van der Waals surface area contributed by atoms with Crippen LogP contribution in [0.25, 0.3) is 0 Å². The third-order valence-electron chi connectivity index (χ3n) is 3.91. The van der Waals surface area contributed by atoms with Gasteiger partial charge in [0.1, 0.15) is 10.8 Å². The van der Waals surface area contributed by atoms with Crippen LogP contribution in [0.2, 0.25) is 0 Å². The summed E-state index contributed by atoms with van der Waals surface area (Å²) in [5, 5.41) is 9.83. The van der Waals surface area contributed by atoms with Crippen LogP contribution in [0.5, 0.6) is 5.75 Å². The fourth-order valence-corrected chi connectivity index (χ4v) is 3.27. The van der Waals surface area contributed by atoms with Crippen LogP contribution < -0.4 is 15.4 Å². The molecule has 0 amide bonds. The Balaban J connectivity index is 0.00000392. The first-order valence-electron chi connectivity index (χ1n) is 9.22. The molecule has 0 atom stereocenters. The normalized spacial score (nSPS) is 11.2. The van der Waals surface area contributed by atoms with E-state index in [1.165, 1.54) is 0 Å². The van der Waals surface area contributed by atoms with E-state index < -0.39 is 0 Å². The van der Waals surface area contributed by atoms with Crippen LogP contribution in [0.15, 0.2) is 34.6 Å². The summed E-state index contributed by atoms with van der Waals surface area (Å²) in [5.41, 5.74) is 2.28. The molecule has 0 saturated carbocycles. The van der Waals surface area contributed by atoms with Crippen molar-refractivity contribution in [2.24, 2.45) is 4.99 Å². The standard InChI is InChI=1S/C20H30N4O2S.HI/c1-15(2)18-14-27-19(24-18)13-23-20(21-3)22-12-16-7-5-8-17(11-16)26-10-6-9-25-4;/h5,7-8,11,14-15H,6,9-10,12-13H2,1-4H3,(H2,21,22,23);1H. The number of aliphatic imine (C=N–C) groups is 1. The molecule has 156 valence electrons. The molecule has 2 aromatic rings. The topological polar surface area (TPSA) is 67.8 Å². The number of guanidine groups is 1. The van der Waals surface area contributed by atoms with Crippen molar-refractivity contribution >= 4 is 41.3 Å². The van der Waals surface area contributed by atoms with Gasteiger partial charge in [-0.2, -0.15) is 0 Å². The first-order chi connectivity index (χ1) is 13.1. The predicted molar refractivity (Wildman–Crippen MR) is 127 cm³/mol. The lowest BCUT2D eigenvalue weighted by molar-refractivity contribution is 0.172. The van der Waals surface area contributed by atoms with Crippen LogP contribution in [0.3, 0.4) is 0 Å². The van der Waals surface area contributed by atoms with Gasteiger partial charge in [0.05, 0.1) is 18.8 Å². The van der Waals surface area contributed by atoms with Crippen LogP contribution in [0.1, 0.15) is 42.5 Å². The Labute approximate surface area is 189 Å². The van der Waals surface area contributed by atoms with E-state index in [0.717, 1.165) is 34.4 Å². The maximum Gasteiger partial charge on any atom is 0.191 e. The fourth-order valence-electron chi connectivity index (χ4n) is 2.38. The van der Waals surface area contributed by atoms with Gasteiger partial charge >= 0.3 is 0 Å². The second kappa shape index (κ2) is 13.7. The first-order valence-corrected chi connectivity index (χ1v) is 10.1. The summed E-state index contributed by atoms with van der Waals surface area (Å²) in [4.78, 5) is 8.91. The van der Waals surface area contributed by atoms with Gasteiger partial charge in [-0.15, -0.1) is 35.3 Å². The number of benzene rings is 1. The fraction of sp³-hybridized carbons (Fsp3) is 0.500. The minimum Gasteiger partial charge on any atom is -0.493 e. The highest BCUT2D eigenvalue weighted by molar-refractivity contribution is 14.0. The van der Waals surface area contributed by atoms with E-state index in [9.17, 15) is 0 Å². The van der Waals surface area contributed by atoms with Gasteiger partial charge in [0.15, 0.2) is 5.96 Å². The zero-order chi connectivity index (χ0) is 19.5. The van der Waals surface area contributed by atoms with Crippen molar-refractivity contribution in [3.63, 3.8) is 0 Å². The Bertz CT molecular complexity index is 722. The van der Waals surface area contributed by atoms with Crippen LogP contribution in [0.4, 0.5) is 0 Å². The van der Waals surface area contributed by atoms with Crippen LogP contribution in [0, 0.1) is 0 Å². The third kappa shape index (κ3) is 8.74. The molecule has 1 aromatic heterocycles. The zero-order valence-corrected chi connectivity index (χ0v) is 20.2. The van der Waals surface area contributed by atoms with Crippen LogP contribution >= 0.6 is 35.3 Å². The number of rotatable bonds is 10. The van der Waals surface area contributed by atoms with Crippen LogP contribution in [-0.2, 0) is 17.8 Å². The molecule has 1 heterocycles. The summed E-state index contributed by atoms with van der Waals surface area (Å²) in [5.74, 6) is 2.08. The smallest absolute Gasteiger partial charge is 0.191 e. The maximum atomic E-state index is 5.75. The van der Waals surface area contributed by atoms with Gasteiger partial charge in [0, 0.05) is 39.1 Å². The van der Waals surface area contributed by atoms with Gasteiger partial charge in [0.25, 0.3) is 0 Å². The number of thiazole rings is 1. The number of halogens is 1. The minimum atomic E-state index is 0. The number of nitrogens with zero attached hydrogens (tertiary/aromatic N) is 2. The Morgan fingerprint density at radius 3 is 2.68 bits per heavy atom. The largest absolute Gasteiger partial charge is 0.493 e. The second-order valence-corrected chi connectivity index (χ2v) is 7.39. The SMILES string of the molecule is CN=C(NCc1cccc(OCCCOC)c1)NCc1nc(C(C)C)cs1.I. The van der Waals surface area contributed by atoms with E-state index in [-0.39, 0.29) is 24.0 Å². The minimum absolute atomic E-state index is 0. The highest BCUT2D eigenvalue weighted by atomic mass is 127. The number of aromatic nitrogens is 1. The molecule has 2 rings (SSSR count). The molecule has 8 heteroatoms. The van der Waals surface area contributed by atoms with Gasteiger partial charge in [-0.05, 0) is 23.6 Å². The third-order valence-corrected chi connectivity index (χ3v) is 4.78. The van der Waals surface area contributed by atoms with Crippen molar-refractivity contribution in [3.8, 4) is 5.75 Å². The quantitative estimate of drug-likeness (QED) is 0.214.